The number of amides is 2. The van der Waals surface area contributed by atoms with Gasteiger partial charge >= 0.3 is 5.97 Å². The smallest absolute Gasteiger partial charge is 0.325 e. The molecular formula is C14H16N2O4. The lowest BCUT2D eigenvalue weighted by Gasteiger charge is -2.30. The van der Waals surface area contributed by atoms with E-state index in [0.29, 0.717) is 12.0 Å². The molecule has 0 aliphatic carbocycles. The predicted molar refractivity (Wildman–Crippen MR) is 70.8 cm³/mol. The molecule has 0 radical (unpaired) electrons. The Bertz CT molecular complexity index is 529. The molecule has 0 bridgehead atoms. The summed E-state index contributed by atoms with van der Waals surface area (Å²) >= 11 is 0. The number of likely N-dealkylation sites (N-methyl/N-ethyl adjacent to an activating group) is 1. The number of nitrogens with one attached hydrogen (secondary N) is 1. The Morgan fingerprint density at radius 2 is 2.00 bits per heavy atom. The van der Waals surface area contributed by atoms with Crippen molar-refractivity contribution in [3.63, 3.8) is 0 Å². The van der Waals surface area contributed by atoms with Crippen LogP contribution < -0.4 is 5.32 Å². The van der Waals surface area contributed by atoms with Crippen LogP contribution in [-0.2, 0) is 14.4 Å². The fourth-order valence-electron chi connectivity index (χ4n) is 2.23. The number of benzene rings is 1. The van der Waals surface area contributed by atoms with E-state index in [4.69, 9.17) is 0 Å². The van der Waals surface area contributed by atoms with Crippen molar-refractivity contribution in [3.8, 4) is 0 Å². The minimum absolute atomic E-state index is 0.236. The highest BCUT2D eigenvalue weighted by Crippen LogP contribution is 2.18. The molecule has 2 N–H and O–H groups in total. The van der Waals surface area contributed by atoms with Gasteiger partial charge in [-0.1, -0.05) is 30.3 Å². The molecule has 2 amide bonds. The zero-order chi connectivity index (χ0) is 14.7. The Hall–Kier alpha value is -2.21. The minimum Gasteiger partial charge on any atom is -0.480 e. The monoisotopic (exact) mass is 276 g/mol. The van der Waals surface area contributed by atoms with Crippen molar-refractivity contribution < 1.29 is 19.5 Å². The maximum absolute atomic E-state index is 12.0. The normalized spacial score (nSPS) is 20.9. The van der Waals surface area contributed by atoms with Crippen LogP contribution in [0.5, 0.6) is 0 Å². The average Bonchev–Trinajstić information content (AvgIpc) is 2.45. The van der Waals surface area contributed by atoms with Gasteiger partial charge in [-0.3, -0.25) is 24.6 Å². The first-order chi connectivity index (χ1) is 9.50. The maximum Gasteiger partial charge on any atom is 0.325 e. The number of carbonyl (C=O) groups is 3. The Labute approximate surface area is 116 Å². The van der Waals surface area contributed by atoms with E-state index < -0.39 is 18.1 Å². The van der Waals surface area contributed by atoms with E-state index in [9.17, 15) is 19.5 Å². The lowest BCUT2D eigenvalue weighted by molar-refractivity contribution is -0.148. The van der Waals surface area contributed by atoms with E-state index >= 15 is 0 Å². The van der Waals surface area contributed by atoms with E-state index in [-0.39, 0.29) is 18.2 Å². The van der Waals surface area contributed by atoms with E-state index in [1.54, 1.807) is 30.3 Å². The number of nitrogens with zero attached hydrogens (tertiary/aromatic N) is 1. The van der Waals surface area contributed by atoms with Crippen LogP contribution >= 0.6 is 0 Å². The minimum atomic E-state index is -1.05. The predicted octanol–water partition coefficient (Wildman–Crippen LogP) is 0.549. The molecule has 2 atom stereocenters. The van der Waals surface area contributed by atoms with Crippen LogP contribution in [0.3, 0.4) is 0 Å². The number of rotatable bonds is 4. The molecule has 0 saturated carbocycles. The zero-order valence-electron chi connectivity index (χ0n) is 11.1. The van der Waals surface area contributed by atoms with Crippen molar-refractivity contribution >= 4 is 17.8 Å². The van der Waals surface area contributed by atoms with Gasteiger partial charge in [0.2, 0.25) is 11.8 Å². The number of carboxylic acid groups (broad SMARTS) is 1. The molecule has 106 valence electrons. The summed E-state index contributed by atoms with van der Waals surface area (Å²) < 4.78 is 0. The largest absolute Gasteiger partial charge is 0.480 e. The van der Waals surface area contributed by atoms with E-state index in [1.165, 1.54) is 7.05 Å². The van der Waals surface area contributed by atoms with Crippen LogP contribution in [0.15, 0.2) is 30.3 Å². The average molecular weight is 276 g/mol. The van der Waals surface area contributed by atoms with Crippen LogP contribution in [0, 0.1) is 0 Å². The first kappa shape index (κ1) is 14.2. The van der Waals surface area contributed by atoms with Gasteiger partial charge in [-0.25, -0.2) is 0 Å². The topological polar surface area (TPSA) is 86.7 Å². The molecule has 0 aromatic heterocycles. The van der Waals surface area contributed by atoms with Gasteiger partial charge < -0.3 is 5.11 Å². The van der Waals surface area contributed by atoms with Gasteiger partial charge in [0.25, 0.3) is 0 Å². The number of hydrogen-bond acceptors (Lipinski definition) is 4. The summed E-state index contributed by atoms with van der Waals surface area (Å²) in [5, 5.41) is 12.1. The molecule has 1 aromatic rings. The molecule has 0 spiro atoms. The van der Waals surface area contributed by atoms with Gasteiger partial charge in [-0.2, -0.15) is 0 Å². The molecule has 6 heteroatoms. The molecule has 1 aliphatic rings. The van der Waals surface area contributed by atoms with Crippen molar-refractivity contribution in [2.24, 2.45) is 0 Å². The van der Waals surface area contributed by atoms with Crippen molar-refractivity contribution in [2.75, 3.05) is 7.05 Å². The second-order valence-corrected chi connectivity index (χ2v) is 4.73. The first-order valence-corrected chi connectivity index (χ1v) is 6.35. The molecule has 6 nitrogen and oxygen atoms in total. The highest BCUT2D eigenvalue weighted by molar-refractivity contribution is 6.00. The van der Waals surface area contributed by atoms with E-state index in [2.05, 4.69) is 5.32 Å². The second-order valence-electron chi connectivity index (χ2n) is 4.73. The molecule has 1 fully saturated rings. The van der Waals surface area contributed by atoms with Crippen molar-refractivity contribution in [1.82, 2.24) is 10.2 Å². The summed E-state index contributed by atoms with van der Waals surface area (Å²) in [6.45, 7) is 0. The molecule has 1 aliphatic heterocycles. The van der Waals surface area contributed by atoms with Crippen LogP contribution in [0.1, 0.15) is 24.4 Å². The fraction of sp³-hybridized carbons (Fsp3) is 0.357. The number of imide groups is 1. The van der Waals surface area contributed by atoms with Crippen molar-refractivity contribution in [1.29, 1.82) is 0 Å². The molecule has 20 heavy (non-hydrogen) atoms. The van der Waals surface area contributed by atoms with Crippen LogP contribution in [-0.4, -0.2) is 40.9 Å². The van der Waals surface area contributed by atoms with Crippen LogP contribution in [0.25, 0.3) is 0 Å². The molecule has 2 rings (SSSR count). The van der Waals surface area contributed by atoms with Gasteiger partial charge in [0.1, 0.15) is 6.04 Å². The zero-order valence-corrected chi connectivity index (χ0v) is 11.1. The lowest BCUT2D eigenvalue weighted by atomic mass is 10.0. The third-order valence-electron chi connectivity index (χ3n) is 3.40. The number of piperidine rings is 1. The van der Waals surface area contributed by atoms with Crippen LogP contribution in [0.4, 0.5) is 0 Å². The first-order valence-electron chi connectivity index (χ1n) is 6.35. The molecule has 2 unspecified atom stereocenters. The fourth-order valence-corrected chi connectivity index (χ4v) is 2.23. The van der Waals surface area contributed by atoms with Gasteiger partial charge in [0.05, 0.1) is 6.04 Å². The van der Waals surface area contributed by atoms with Crippen LogP contribution in [0.2, 0.25) is 0 Å². The van der Waals surface area contributed by atoms with Gasteiger partial charge in [-0.05, 0) is 12.0 Å². The number of carboxylic acids is 1. The summed E-state index contributed by atoms with van der Waals surface area (Å²) in [6, 6.07) is 7.03. The molecular weight excluding hydrogens is 260 g/mol. The molecule has 1 saturated heterocycles. The quantitative estimate of drug-likeness (QED) is 0.784. The number of hydrogen-bond donors (Lipinski definition) is 2. The SMILES string of the molecule is CN1C(=O)CCC(NC(C(=O)O)c2ccccc2)C1=O. The standard InChI is InChI=1S/C14H16N2O4/c1-16-11(17)8-7-10(13(16)18)15-12(14(19)20)9-5-3-2-4-6-9/h2-6,10,12,15H,7-8H2,1H3,(H,19,20). The Morgan fingerprint density at radius 3 is 2.60 bits per heavy atom. The second kappa shape index (κ2) is 5.83. The van der Waals surface area contributed by atoms with Gasteiger partial charge in [0.15, 0.2) is 0 Å². The third-order valence-corrected chi connectivity index (χ3v) is 3.40. The molecule has 1 aromatic carbocycles. The number of aliphatic carboxylic acids is 1. The van der Waals surface area contributed by atoms with Gasteiger partial charge in [0, 0.05) is 13.5 Å². The van der Waals surface area contributed by atoms with E-state index in [1.807, 2.05) is 0 Å². The summed E-state index contributed by atoms with van der Waals surface area (Å²) in [7, 11) is 1.41. The molecule has 1 heterocycles. The van der Waals surface area contributed by atoms with E-state index in [0.717, 1.165) is 4.90 Å². The summed E-state index contributed by atoms with van der Waals surface area (Å²) in [5.41, 5.74) is 0.576. The van der Waals surface area contributed by atoms with Gasteiger partial charge in [-0.15, -0.1) is 0 Å². The lowest BCUT2D eigenvalue weighted by Crippen LogP contribution is -2.53. The number of likely N-dealkylation sites (tertiary alicyclic amines) is 1. The summed E-state index contributed by atoms with van der Waals surface area (Å²) in [6.07, 6.45) is 0.555. The van der Waals surface area contributed by atoms with Crippen molar-refractivity contribution in [3.05, 3.63) is 35.9 Å². The summed E-state index contributed by atoms with van der Waals surface area (Å²) in [5.74, 6) is -1.67. The Kier molecular flexibility index (Phi) is 4.14. The maximum atomic E-state index is 12.0. The summed E-state index contributed by atoms with van der Waals surface area (Å²) in [4.78, 5) is 35.8. The Balaban J connectivity index is 2.15. The Morgan fingerprint density at radius 1 is 1.35 bits per heavy atom. The highest BCUT2D eigenvalue weighted by atomic mass is 16.4. The third kappa shape index (κ3) is 2.85. The highest BCUT2D eigenvalue weighted by Gasteiger charge is 2.34. The number of carbonyl (C=O) groups excluding carboxylic acids is 2. The van der Waals surface area contributed by atoms with Crippen molar-refractivity contribution in [2.45, 2.75) is 24.9 Å².